The number of aliphatic carboxylic acids is 1. The van der Waals surface area contributed by atoms with Crippen molar-refractivity contribution in [1.82, 2.24) is 5.32 Å². The van der Waals surface area contributed by atoms with Crippen LogP contribution in [0.2, 0.25) is 0 Å². The number of halogens is 2. The van der Waals surface area contributed by atoms with Crippen molar-refractivity contribution >= 4 is 43.7 Å². The predicted octanol–water partition coefficient (Wildman–Crippen LogP) is 2.94. The third-order valence-electron chi connectivity index (χ3n) is 2.54. The molecule has 0 fully saturated rings. The maximum absolute atomic E-state index is 12.0. The molecule has 20 heavy (non-hydrogen) atoms. The number of nitrogens with zero attached hydrogens (tertiary/aromatic N) is 1. The summed E-state index contributed by atoms with van der Waals surface area (Å²) < 4.78 is 1.41. The number of hydrogen-bond donors (Lipinski definition) is 2. The lowest BCUT2D eigenvalue weighted by Crippen LogP contribution is -2.41. The number of carboxylic acids is 1. The number of carbonyl (C=O) groups is 2. The first-order valence-electron chi connectivity index (χ1n) is 5.73. The van der Waals surface area contributed by atoms with Crippen LogP contribution >= 0.6 is 31.9 Å². The summed E-state index contributed by atoms with van der Waals surface area (Å²) in [6.07, 6.45) is 0.0622. The minimum atomic E-state index is -1.16. The van der Waals surface area contributed by atoms with Gasteiger partial charge in [-0.15, -0.1) is 0 Å². The third-order valence-corrected chi connectivity index (χ3v) is 3.45. The first-order chi connectivity index (χ1) is 9.33. The Morgan fingerprint density at radius 3 is 2.35 bits per heavy atom. The van der Waals surface area contributed by atoms with Crippen LogP contribution in [0.3, 0.4) is 0 Å². The molecular weight excluding hydrogens is 392 g/mol. The molecule has 7 heteroatoms. The second kappa shape index (κ2) is 7.41. The van der Waals surface area contributed by atoms with Gasteiger partial charge in [0.25, 0.3) is 5.91 Å². The maximum atomic E-state index is 12.0. The molecule has 0 unspecified atom stereocenters. The Kier molecular flexibility index (Phi) is 6.17. The van der Waals surface area contributed by atoms with Crippen LogP contribution < -0.4 is 5.32 Å². The van der Waals surface area contributed by atoms with Crippen molar-refractivity contribution in [2.75, 3.05) is 0 Å². The van der Waals surface area contributed by atoms with Crippen molar-refractivity contribution < 1.29 is 14.7 Å². The van der Waals surface area contributed by atoms with Gasteiger partial charge in [-0.05, 0) is 31.5 Å². The number of nitrogens with one attached hydrogen (secondary N) is 1. The molecule has 1 aromatic carbocycles. The van der Waals surface area contributed by atoms with E-state index < -0.39 is 23.8 Å². The minimum absolute atomic E-state index is 0.0622. The molecule has 0 saturated carbocycles. The summed E-state index contributed by atoms with van der Waals surface area (Å²) in [5, 5.41) is 20.2. The molecule has 1 aromatic rings. The van der Waals surface area contributed by atoms with Gasteiger partial charge in [-0.2, -0.15) is 5.26 Å². The standard InChI is InChI=1S/C13H12Br2N2O3/c1-7(6-16)2-11(13(19)20)17-12(18)8-3-9(14)5-10(15)4-8/h3-5,7,11H,2H2,1H3,(H,17,18)(H,19,20)/t7-,11-/m1/s1. The second-order valence-electron chi connectivity index (χ2n) is 4.29. The number of amides is 1. The van der Waals surface area contributed by atoms with Gasteiger partial charge in [0.1, 0.15) is 6.04 Å². The highest BCUT2D eigenvalue weighted by atomic mass is 79.9. The lowest BCUT2D eigenvalue weighted by Gasteiger charge is -2.15. The van der Waals surface area contributed by atoms with E-state index in [9.17, 15) is 9.59 Å². The normalized spacial score (nSPS) is 13.1. The first-order valence-corrected chi connectivity index (χ1v) is 7.31. The second-order valence-corrected chi connectivity index (χ2v) is 6.12. The lowest BCUT2D eigenvalue weighted by molar-refractivity contribution is -0.139. The molecule has 0 aliphatic carbocycles. The quantitative estimate of drug-likeness (QED) is 0.790. The zero-order valence-corrected chi connectivity index (χ0v) is 13.7. The number of hydrogen-bond acceptors (Lipinski definition) is 3. The van der Waals surface area contributed by atoms with Gasteiger partial charge in [-0.1, -0.05) is 31.9 Å². The Labute approximate surface area is 133 Å². The Balaban J connectivity index is 2.86. The minimum Gasteiger partial charge on any atom is -0.480 e. The van der Waals surface area contributed by atoms with Gasteiger partial charge in [-0.25, -0.2) is 4.79 Å². The van der Waals surface area contributed by atoms with Gasteiger partial charge >= 0.3 is 5.97 Å². The largest absolute Gasteiger partial charge is 0.480 e. The molecule has 106 valence electrons. The van der Waals surface area contributed by atoms with Gasteiger partial charge in [0, 0.05) is 20.4 Å². The topological polar surface area (TPSA) is 90.2 Å². The molecule has 5 nitrogen and oxygen atoms in total. The van der Waals surface area contributed by atoms with Gasteiger partial charge in [0.2, 0.25) is 0 Å². The highest BCUT2D eigenvalue weighted by Crippen LogP contribution is 2.20. The third kappa shape index (κ3) is 4.94. The van der Waals surface area contributed by atoms with Crippen LogP contribution in [-0.2, 0) is 4.79 Å². The molecule has 0 saturated heterocycles. The van der Waals surface area contributed by atoms with Crippen LogP contribution in [0.1, 0.15) is 23.7 Å². The molecule has 0 radical (unpaired) electrons. The summed E-state index contributed by atoms with van der Waals surface area (Å²) in [5.74, 6) is -2.11. The first kappa shape index (κ1) is 16.7. The van der Waals surface area contributed by atoms with E-state index in [2.05, 4.69) is 37.2 Å². The van der Waals surface area contributed by atoms with E-state index >= 15 is 0 Å². The fourth-order valence-corrected chi connectivity index (χ4v) is 2.85. The SMILES string of the molecule is C[C@@H](C#N)C[C@@H](NC(=O)c1cc(Br)cc(Br)c1)C(=O)O. The average molecular weight is 404 g/mol. The van der Waals surface area contributed by atoms with Gasteiger partial charge < -0.3 is 10.4 Å². The molecular formula is C13H12Br2N2O3. The van der Waals surface area contributed by atoms with Crippen LogP contribution in [0, 0.1) is 17.2 Å². The van der Waals surface area contributed by atoms with Crippen molar-refractivity contribution in [2.45, 2.75) is 19.4 Å². The summed E-state index contributed by atoms with van der Waals surface area (Å²) in [5.41, 5.74) is 0.335. The van der Waals surface area contributed by atoms with Crippen molar-refractivity contribution in [3.05, 3.63) is 32.7 Å². The number of carbonyl (C=O) groups excluding carboxylic acids is 1. The summed E-state index contributed by atoms with van der Waals surface area (Å²) in [6, 6.07) is 5.81. The number of benzene rings is 1. The number of rotatable bonds is 5. The van der Waals surface area contributed by atoms with Gasteiger partial charge in [0.15, 0.2) is 0 Å². The van der Waals surface area contributed by atoms with E-state index in [4.69, 9.17) is 10.4 Å². The molecule has 0 aromatic heterocycles. The molecule has 0 aliphatic rings. The molecule has 0 heterocycles. The molecule has 2 atom stereocenters. The Bertz CT molecular complexity index is 549. The van der Waals surface area contributed by atoms with Gasteiger partial charge in [-0.3, -0.25) is 4.79 Å². The summed E-state index contributed by atoms with van der Waals surface area (Å²) in [6.45, 7) is 1.61. The van der Waals surface area contributed by atoms with Gasteiger partial charge in [0.05, 0.1) is 6.07 Å². The summed E-state index contributed by atoms with van der Waals surface area (Å²) in [7, 11) is 0. The molecule has 0 bridgehead atoms. The molecule has 0 aliphatic heterocycles. The predicted molar refractivity (Wildman–Crippen MR) is 80.1 cm³/mol. The van der Waals surface area contributed by atoms with Crippen LogP contribution in [0.5, 0.6) is 0 Å². The lowest BCUT2D eigenvalue weighted by atomic mass is 10.0. The Morgan fingerprint density at radius 1 is 1.35 bits per heavy atom. The average Bonchev–Trinajstić information content (AvgIpc) is 2.36. The molecule has 0 spiro atoms. The summed E-state index contributed by atoms with van der Waals surface area (Å²) in [4.78, 5) is 23.1. The van der Waals surface area contributed by atoms with E-state index in [-0.39, 0.29) is 6.42 Å². The summed E-state index contributed by atoms with van der Waals surface area (Å²) >= 11 is 6.52. The zero-order valence-electron chi connectivity index (χ0n) is 10.6. The van der Waals surface area contributed by atoms with Crippen LogP contribution in [0.25, 0.3) is 0 Å². The zero-order chi connectivity index (χ0) is 15.3. The monoisotopic (exact) mass is 402 g/mol. The highest BCUT2D eigenvalue weighted by Gasteiger charge is 2.23. The number of carboxylic acid groups (broad SMARTS) is 1. The molecule has 1 amide bonds. The van der Waals surface area contributed by atoms with E-state index in [1.165, 1.54) is 0 Å². The van der Waals surface area contributed by atoms with E-state index in [0.29, 0.717) is 14.5 Å². The van der Waals surface area contributed by atoms with E-state index in [1.54, 1.807) is 25.1 Å². The van der Waals surface area contributed by atoms with E-state index in [1.807, 2.05) is 6.07 Å². The highest BCUT2D eigenvalue weighted by molar-refractivity contribution is 9.11. The molecule has 1 rings (SSSR count). The Morgan fingerprint density at radius 2 is 1.90 bits per heavy atom. The maximum Gasteiger partial charge on any atom is 0.326 e. The number of nitriles is 1. The fraction of sp³-hybridized carbons (Fsp3) is 0.308. The van der Waals surface area contributed by atoms with Crippen molar-refractivity contribution in [3.63, 3.8) is 0 Å². The van der Waals surface area contributed by atoms with Crippen molar-refractivity contribution in [2.24, 2.45) is 5.92 Å². The van der Waals surface area contributed by atoms with Crippen molar-refractivity contribution in [3.8, 4) is 6.07 Å². The van der Waals surface area contributed by atoms with E-state index in [0.717, 1.165) is 0 Å². The Hall–Kier alpha value is -1.39. The molecule has 2 N–H and O–H groups in total. The van der Waals surface area contributed by atoms with Crippen LogP contribution in [0.4, 0.5) is 0 Å². The van der Waals surface area contributed by atoms with Crippen LogP contribution in [0.15, 0.2) is 27.1 Å². The van der Waals surface area contributed by atoms with Crippen LogP contribution in [-0.4, -0.2) is 23.0 Å². The smallest absolute Gasteiger partial charge is 0.326 e. The van der Waals surface area contributed by atoms with Crippen molar-refractivity contribution in [1.29, 1.82) is 5.26 Å². The fourth-order valence-electron chi connectivity index (χ4n) is 1.55.